The third kappa shape index (κ3) is 6.75. The van der Waals surface area contributed by atoms with Gasteiger partial charge in [0.1, 0.15) is 0 Å². The summed E-state index contributed by atoms with van der Waals surface area (Å²) in [6.07, 6.45) is 4.87. The molecule has 0 bridgehead atoms. The van der Waals surface area contributed by atoms with E-state index < -0.39 is 10.2 Å². The molecule has 0 saturated carbocycles. The van der Waals surface area contributed by atoms with E-state index in [9.17, 15) is 0 Å². The standard InChI is InChI=1S/C29H28N.ClHO4/c1-22-16-18-23(19-17-22)21-30-28-15-9-8-14-26(28)27(24-10-4-2-5-11-24)20-29(30)25-12-6-3-7-13-25;2-1(3,4)5/h2-7,10-13,16-20H,8-9,14-15,21H2,1H3;(H,2,3,4,5)/q+1;/p-1. The Morgan fingerprint density at radius 1 is 0.714 bits per heavy atom. The van der Waals surface area contributed by atoms with Crippen molar-refractivity contribution in [3.63, 3.8) is 0 Å². The summed E-state index contributed by atoms with van der Waals surface area (Å²) in [4.78, 5) is 0. The number of nitrogens with zero attached hydrogens (tertiary/aromatic N) is 1. The molecule has 0 N–H and O–H groups in total. The molecule has 4 aromatic rings. The first-order valence-corrected chi connectivity index (χ1v) is 12.9. The maximum absolute atomic E-state index is 8.49. The van der Waals surface area contributed by atoms with Crippen molar-refractivity contribution in [2.45, 2.75) is 39.2 Å². The van der Waals surface area contributed by atoms with Gasteiger partial charge in [-0.25, -0.2) is 18.6 Å². The smallest absolute Gasteiger partial charge is 0.213 e. The highest BCUT2D eigenvalue weighted by Crippen LogP contribution is 2.33. The van der Waals surface area contributed by atoms with Crippen LogP contribution in [-0.4, -0.2) is 0 Å². The van der Waals surface area contributed by atoms with Crippen LogP contribution in [0.4, 0.5) is 0 Å². The van der Waals surface area contributed by atoms with Gasteiger partial charge < -0.3 is 0 Å². The lowest BCUT2D eigenvalue weighted by Crippen LogP contribution is -2.68. The zero-order valence-electron chi connectivity index (χ0n) is 19.7. The molecule has 0 spiro atoms. The van der Waals surface area contributed by atoms with E-state index in [1.807, 2.05) is 0 Å². The second-order valence-corrected chi connectivity index (χ2v) is 9.51. The van der Waals surface area contributed by atoms with E-state index in [4.69, 9.17) is 18.6 Å². The fraction of sp³-hybridized carbons (Fsp3) is 0.207. The third-order valence-corrected chi connectivity index (χ3v) is 6.28. The molecule has 1 aliphatic rings. The van der Waals surface area contributed by atoms with E-state index in [0.29, 0.717) is 0 Å². The number of pyridine rings is 1. The van der Waals surface area contributed by atoms with E-state index in [-0.39, 0.29) is 0 Å². The van der Waals surface area contributed by atoms with Crippen LogP contribution in [-0.2, 0) is 19.4 Å². The molecule has 35 heavy (non-hydrogen) atoms. The Hall–Kier alpha value is -3.06. The molecule has 1 heterocycles. The highest BCUT2D eigenvalue weighted by atomic mass is 35.7. The van der Waals surface area contributed by atoms with Crippen molar-refractivity contribution in [1.82, 2.24) is 0 Å². The van der Waals surface area contributed by atoms with Crippen LogP contribution in [0.5, 0.6) is 0 Å². The molecular weight excluding hydrogens is 462 g/mol. The molecule has 1 aromatic heterocycles. The van der Waals surface area contributed by atoms with Crippen molar-refractivity contribution >= 4 is 0 Å². The van der Waals surface area contributed by atoms with Gasteiger partial charge in [-0.05, 0) is 49.4 Å². The van der Waals surface area contributed by atoms with E-state index in [1.165, 1.54) is 58.5 Å². The van der Waals surface area contributed by atoms with Crippen molar-refractivity contribution < 1.29 is 33.4 Å². The number of rotatable bonds is 4. The zero-order valence-corrected chi connectivity index (χ0v) is 20.4. The molecule has 0 saturated heterocycles. The fourth-order valence-corrected chi connectivity index (χ4v) is 4.70. The lowest BCUT2D eigenvalue weighted by atomic mass is 9.87. The van der Waals surface area contributed by atoms with E-state index >= 15 is 0 Å². The summed E-state index contributed by atoms with van der Waals surface area (Å²) in [5, 5.41) is 0. The molecule has 0 unspecified atom stereocenters. The molecule has 6 heteroatoms. The predicted molar refractivity (Wildman–Crippen MR) is 124 cm³/mol. The van der Waals surface area contributed by atoms with Gasteiger partial charge in [-0.1, -0.05) is 78.4 Å². The van der Waals surface area contributed by atoms with Crippen LogP contribution in [0.25, 0.3) is 22.4 Å². The molecule has 0 radical (unpaired) electrons. The molecule has 0 amide bonds. The van der Waals surface area contributed by atoms with Crippen molar-refractivity contribution in [2.24, 2.45) is 0 Å². The van der Waals surface area contributed by atoms with Gasteiger partial charge in [0.2, 0.25) is 5.69 Å². The normalized spacial score (nSPS) is 12.9. The second-order valence-electron chi connectivity index (χ2n) is 8.76. The maximum atomic E-state index is 8.49. The Morgan fingerprint density at radius 3 is 1.86 bits per heavy atom. The Balaban J connectivity index is 0.000000527. The van der Waals surface area contributed by atoms with Crippen LogP contribution < -0.4 is 23.2 Å². The molecule has 3 aromatic carbocycles. The molecule has 0 aliphatic heterocycles. The number of hydrogen-bond acceptors (Lipinski definition) is 4. The number of aromatic nitrogens is 1. The van der Waals surface area contributed by atoms with Gasteiger partial charge in [-0.2, -0.15) is 4.57 Å². The highest BCUT2D eigenvalue weighted by molar-refractivity contribution is 5.72. The fourth-order valence-electron chi connectivity index (χ4n) is 4.70. The molecule has 180 valence electrons. The Bertz CT molecular complexity index is 1250. The van der Waals surface area contributed by atoms with E-state index in [2.05, 4.69) is 102 Å². The summed E-state index contributed by atoms with van der Waals surface area (Å²) < 4.78 is 36.6. The minimum absolute atomic E-state index is 0.919. The molecule has 0 atom stereocenters. The summed E-state index contributed by atoms with van der Waals surface area (Å²) in [7, 11) is -4.94. The maximum Gasteiger partial charge on any atom is 0.213 e. The van der Waals surface area contributed by atoms with Gasteiger partial charge in [-0.15, -0.1) is 10.2 Å². The van der Waals surface area contributed by atoms with Crippen LogP contribution in [0.1, 0.15) is 35.2 Å². The van der Waals surface area contributed by atoms with Crippen molar-refractivity contribution in [3.8, 4) is 22.4 Å². The largest absolute Gasteiger partial charge is 0.222 e. The number of aryl methyl sites for hydroxylation is 1. The highest BCUT2D eigenvalue weighted by Gasteiger charge is 2.28. The molecular formula is C29H28ClNO4. The molecule has 1 aliphatic carbocycles. The monoisotopic (exact) mass is 489 g/mol. The van der Waals surface area contributed by atoms with Crippen molar-refractivity contribution in [1.29, 1.82) is 0 Å². The Labute approximate surface area is 208 Å². The number of halogens is 1. The van der Waals surface area contributed by atoms with Crippen LogP contribution in [0.2, 0.25) is 0 Å². The van der Waals surface area contributed by atoms with Crippen LogP contribution in [0, 0.1) is 17.2 Å². The van der Waals surface area contributed by atoms with Crippen molar-refractivity contribution in [2.75, 3.05) is 0 Å². The lowest BCUT2D eigenvalue weighted by Gasteiger charge is -2.21. The zero-order chi connectivity index (χ0) is 24.8. The van der Waals surface area contributed by atoms with Gasteiger partial charge in [0.25, 0.3) is 0 Å². The quantitative estimate of drug-likeness (QED) is 0.408. The summed E-state index contributed by atoms with van der Waals surface area (Å²) in [6.45, 7) is 3.07. The average Bonchev–Trinajstić information content (AvgIpc) is 2.85. The van der Waals surface area contributed by atoms with Gasteiger partial charge in [0.05, 0.1) is 0 Å². The third-order valence-electron chi connectivity index (χ3n) is 6.28. The van der Waals surface area contributed by atoms with Crippen molar-refractivity contribution in [3.05, 3.63) is 113 Å². The first-order valence-electron chi connectivity index (χ1n) is 11.7. The van der Waals surface area contributed by atoms with Crippen LogP contribution >= 0.6 is 0 Å². The van der Waals surface area contributed by atoms with E-state index in [0.717, 1.165) is 13.0 Å². The summed E-state index contributed by atoms with van der Waals surface area (Å²) in [5.74, 6) is 0. The van der Waals surface area contributed by atoms with Gasteiger partial charge in [-0.3, -0.25) is 0 Å². The number of fused-ring (bicyclic) bond motifs is 1. The van der Waals surface area contributed by atoms with Crippen LogP contribution in [0.15, 0.2) is 91.0 Å². The summed E-state index contributed by atoms with van der Waals surface area (Å²) in [6, 6.07) is 33.2. The molecule has 5 nitrogen and oxygen atoms in total. The Morgan fingerprint density at radius 2 is 1.26 bits per heavy atom. The van der Waals surface area contributed by atoms with Gasteiger partial charge in [0, 0.05) is 29.2 Å². The predicted octanol–water partition coefficient (Wildman–Crippen LogP) is 1.79. The van der Waals surface area contributed by atoms with E-state index in [1.54, 1.807) is 5.56 Å². The summed E-state index contributed by atoms with van der Waals surface area (Å²) in [5.41, 5.74) is 11.1. The molecule has 0 fully saturated rings. The van der Waals surface area contributed by atoms with Gasteiger partial charge in [0.15, 0.2) is 12.2 Å². The first-order chi connectivity index (χ1) is 16.8. The first kappa shape index (κ1) is 25.0. The minimum atomic E-state index is -4.94. The second kappa shape index (κ2) is 11.1. The summed E-state index contributed by atoms with van der Waals surface area (Å²) >= 11 is 0. The van der Waals surface area contributed by atoms with Gasteiger partial charge >= 0.3 is 0 Å². The number of hydrogen-bond donors (Lipinski definition) is 0. The molecule has 5 rings (SSSR count). The minimum Gasteiger partial charge on any atom is -0.222 e. The van der Waals surface area contributed by atoms with Crippen LogP contribution in [0.3, 0.4) is 0 Å². The number of benzene rings is 3. The topological polar surface area (TPSA) is 96.1 Å². The average molecular weight is 490 g/mol. The lowest BCUT2D eigenvalue weighted by molar-refractivity contribution is -2.00. The SMILES string of the molecule is Cc1ccc(C[n+]2c(-c3ccccc3)cc(-c3ccccc3)c3c2CCCC3)cc1.[O-][Cl+3]([O-])([O-])[O-]. The Kier molecular flexibility index (Phi) is 7.96.